The molecule has 1 atom stereocenters. The van der Waals surface area contributed by atoms with Gasteiger partial charge in [0, 0.05) is 23.3 Å². The molecule has 0 fully saturated rings. The summed E-state index contributed by atoms with van der Waals surface area (Å²) in [7, 11) is 0. The molecular weight excluding hydrogens is 234 g/mol. The Morgan fingerprint density at radius 1 is 1.41 bits per heavy atom. The second-order valence-electron chi connectivity index (χ2n) is 4.04. The maximum Gasteiger partial charge on any atom is 0.0597 e. The van der Waals surface area contributed by atoms with E-state index in [4.69, 9.17) is 17.3 Å². The van der Waals surface area contributed by atoms with Gasteiger partial charge in [-0.25, -0.2) is 0 Å². The second-order valence-corrected chi connectivity index (χ2v) is 4.44. The van der Waals surface area contributed by atoms with Gasteiger partial charge < -0.3 is 5.73 Å². The lowest BCUT2D eigenvalue weighted by atomic mass is 10.0. The molecule has 1 unspecified atom stereocenters. The van der Waals surface area contributed by atoms with Crippen LogP contribution in [0.5, 0.6) is 0 Å². The molecule has 0 saturated carbocycles. The largest absolute Gasteiger partial charge is 0.320 e. The number of hydrogen-bond donors (Lipinski definition) is 1. The highest BCUT2D eigenvalue weighted by molar-refractivity contribution is 6.31. The Morgan fingerprint density at radius 3 is 2.88 bits per heavy atom. The fourth-order valence-electron chi connectivity index (χ4n) is 1.80. The fourth-order valence-corrected chi connectivity index (χ4v) is 2.05. The van der Waals surface area contributed by atoms with Gasteiger partial charge in [0.15, 0.2) is 0 Å². The number of rotatable bonds is 4. The molecule has 1 heterocycles. The molecule has 2 N–H and O–H groups in total. The third-order valence-electron chi connectivity index (χ3n) is 2.71. The summed E-state index contributed by atoms with van der Waals surface area (Å²) in [6, 6.07) is 7.43. The predicted octanol–water partition coefficient (Wildman–Crippen LogP) is 2.99. The number of aromatic nitrogens is 2. The van der Waals surface area contributed by atoms with Crippen molar-refractivity contribution in [2.75, 3.05) is 0 Å². The van der Waals surface area contributed by atoms with Gasteiger partial charge in [0.05, 0.1) is 12.2 Å². The molecule has 0 radical (unpaired) electrons. The number of benzene rings is 1. The van der Waals surface area contributed by atoms with Gasteiger partial charge in [-0.3, -0.25) is 4.68 Å². The molecule has 0 saturated heterocycles. The van der Waals surface area contributed by atoms with Crippen LogP contribution in [0.25, 0.3) is 0 Å². The first kappa shape index (κ1) is 12.1. The maximum absolute atomic E-state index is 6.19. The average Bonchev–Trinajstić information content (AvgIpc) is 2.78. The molecule has 0 aliphatic carbocycles. The molecule has 0 amide bonds. The first-order valence-electron chi connectivity index (χ1n) is 5.74. The van der Waals surface area contributed by atoms with Crippen LogP contribution in [0.2, 0.25) is 5.02 Å². The molecule has 4 heteroatoms. The van der Waals surface area contributed by atoms with E-state index in [2.05, 4.69) is 12.0 Å². The van der Waals surface area contributed by atoms with Crippen LogP contribution in [0.3, 0.4) is 0 Å². The normalized spacial score (nSPS) is 12.6. The topological polar surface area (TPSA) is 43.8 Å². The third-order valence-corrected chi connectivity index (χ3v) is 3.05. The summed E-state index contributed by atoms with van der Waals surface area (Å²) in [4.78, 5) is 0. The van der Waals surface area contributed by atoms with Crippen molar-refractivity contribution in [3.05, 3.63) is 52.8 Å². The molecule has 2 aromatic rings. The number of hydrogen-bond acceptors (Lipinski definition) is 2. The summed E-state index contributed by atoms with van der Waals surface area (Å²) in [5, 5.41) is 4.97. The van der Waals surface area contributed by atoms with Crippen molar-refractivity contribution >= 4 is 11.6 Å². The highest BCUT2D eigenvalue weighted by Gasteiger charge is 2.13. The molecule has 3 nitrogen and oxygen atoms in total. The van der Waals surface area contributed by atoms with Crippen molar-refractivity contribution in [1.82, 2.24) is 9.78 Å². The number of aryl methyl sites for hydroxylation is 1. The maximum atomic E-state index is 6.19. The van der Waals surface area contributed by atoms with Crippen molar-refractivity contribution in [3.63, 3.8) is 0 Å². The lowest BCUT2D eigenvalue weighted by Gasteiger charge is -2.11. The van der Waals surface area contributed by atoms with E-state index in [0.717, 1.165) is 24.1 Å². The van der Waals surface area contributed by atoms with Gasteiger partial charge >= 0.3 is 0 Å². The lowest BCUT2D eigenvalue weighted by Crippen LogP contribution is -2.11. The van der Waals surface area contributed by atoms with Crippen LogP contribution >= 0.6 is 11.6 Å². The minimum atomic E-state index is -0.214. The molecule has 90 valence electrons. The van der Waals surface area contributed by atoms with E-state index in [-0.39, 0.29) is 6.04 Å². The van der Waals surface area contributed by atoms with E-state index < -0.39 is 0 Å². The lowest BCUT2D eigenvalue weighted by molar-refractivity contribution is 0.602. The summed E-state index contributed by atoms with van der Waals surface area (Å²) in [5.41, 5.74) is 8.12. The third kappa shape index (κ3) is 2.68. The molecule has 17 heavy (non-hydrogen) atoms. The highest BCUT2D eigenvalue weighted by Crippen LogP contribution is 2.25. The summed E-state index contributed by atoms with van der Waals surface area (Å²) in [6.45, 7) is 3.03. The Morgan fingerprint density at radius 2 is 2.18 bits per heavy atom. The van der Waals surface area contributed by atoms with Crippen molar-refractivity contribution < 1.29 is 0 Å². The zero-order chi connectivity index (χ0) is 12.3. The van der Waals surface area contributed by atoms with E-state index in [0.29, 0.717) is 5.02 Å². The quantitative estimate of drug-likeness (QED) is 0.905. The van der Waals surface area contributed by atoms with Crippen LogP contribution in [-0.4, -0.2) is 9.78 Å². The smallest absolute Gasteiger partial charge is 0.0597 e. The van der Waals surface area contributed by atoms with Crippen LogP contribution in [0.4, 0.5) is 0 Å². The molecule has 0 bridgehead atoms. The molecule has 0 aliphatic rings. The van der Waals surface area contributed by atoms with Crippen LogP contribution in [0, 0.1) is 0 Å². The SMILES string of the molecule is CCCn1cc(C(N)c2ccccc2Cl)cn1. The van der Waals surface area contributed by atoms with Gasteiger partial charge in [-0.05, 0) is 18.1 Å². The van der Waals surface area contributed by atoms with E-state index in [1.165, 1.54) is 0 Å². The zero-order valence-electron chi connectivity index (χ0n) is 9.81. The Balaban J connectivity index is 2.24. The van der Waals surface area contributed by atoms with Gasteiger partial charge in [-0.15, -0.1) is 0 Å². The standard InChI is InChI=1S/C13H16ClN3/c1-2-7-17-9-10(8-16-17)13(15)11-5-3-4-6-12(11)14/h3-6,8-9,13H,2,7,15H2,1H3. The Hall–Kier alpha value is -1.32. The van der Waals surface area contributed by atoms with Gasteiger partial charge in [0.1, 0.15) is 0 Å². The van der Waals surface area contributed by atoms with Crippen molar-refractivity contribution in [1.29, 1.82) is 0 Å². The molecule has 0 spiro atoms. The summed E-state index contributed by atoms with van der Waals surface area (Å²) < 4.78 is 1.91. The first-order chi connectivity index (χ1) is 8.22. The molecule has 1 aromatic heterocycles. The zero-order valence-corrected chi connectivity index (χ0v) is 10.6. The van der Waals surface area contributed by atoms with E-state index in [1.807, 2.05) is 41.3 Å². The van der Waals surface area contributed by atoms with E-state index in [9.17, 15) is 0 Å². The molecular formula is C13H16ClN3. The second kappa shape index (κ2) is 5.34. The Kier molecular flexibility index (Phi) is 3.82. The summed E-state index contributed by atoms with van der Waals surface area (Å²) in [6.07, 6.45) is 4.85. The minimum absolute atomic E-state index is 0.214. The first-order valence-corrected chi connectivity index (χ1v) is 6.12. The van der Waals surface area contributed by atoms with Gasteiger partial charge in [0.2, 0.25) is 0 Å². The van der Waals surface area contributed by atoms with Crippen molar-refractivity contribution in [2.24, 2.45) is 5.73 Å². The highest BCUT2D eigenvalue weighted by atomic mass is 35.5. The molecule has 2 rings (SSSR count). The van der Waals surface area contributed by atoms with Crippen LogP contribution in [0.1, 0.15) is 30.5 Å². The van der Waals surface area contributed by atoms with E-state index >= 15 is 0 Å². The molecule has 0 aliphatic heterocycles. The predicted molar refractivity (Wildman–Crippen MR) is 70.0 cm³/mol. The van der Waals surface area contributed by atoms with Gasteiger partial charge in [-0.2, -0.15) is 5.10 Å². The van der Waals surface area contributed by atoms with E-state index in [1.54, 1.807) is 0 Å². The van der Waals surface area contributed by atoms with Gasteiger partial charge in [-0.1, -0.05) is 36.7 Å². The average molecular weight is 250 g/mol. The van der Waals surface area contributed by atoms with Crippen LogP contribution in [-0.2, 0) is 6.54 Å². The number of nitrogens with zero attached hydrogens (tertiary/aromatic N) is 2. The van der Waals surface area contributed by atoms with Gasteiger partial charge in [0.25, 0.3) is 0 Å². The van der Waals surface area contributed by atoms with Crippen molar-refractivity contribution in [2.45, 2.75) is 25.9 Å². The Labute approximate surface area is 106 Å². The summed E-state index contributed by atoms with van der Waals surface area (Å²) in [5.74, 6) is 0. The molecule has 1 aromatic carbocycles. The summed E-state index contributed by atoms with van der Waals surface area (Å²) >= 11 is 6.13. The number of nitrogens with two attached hydrogens (primary N) is 1. The monoisotopic (exact) mass is 249 g/mol. The van der Waals surface area contributed by atoms with Crippen LogP contribution < -0.4 is 5.73 Å². The van der Waals surface area contributed by atoms with Crippen molar-refractivity contribution in [3.8, 4) is 0 Å². The fraction of sp³-hybridized carbons (Fsp3) is 0.308. The van der Waals surface area contributed by atoms with Crippen LogP contribution in [0.15, 0.2) is 36.7 Å². The minimum Gasteiger partial charge on any atom is -0.320 e. The number of halogens is 1. The Bertz CT molecular complexity index is 493.